The number of benzene rings is 1. The first-order valence-corrected chi connectivity index (χ1v) is 17.2. The lowest BCUT2D eigenvalue weighted by Gasteiger charge is -2.44. The highest BCUT2D eigenvalue weighted by Crippen LogP contribution is 2.51. The first-order chi connectivity index (χ1) is 26.2. The van der Waals surface area contributed by atoms with E-state index < -0.39 is 122 Å². The summed E-state index contributed by atoms with van der Waals surface area (Å²) in [7, 11) is 1.17. The Balaban J connectivity index is 1.13. The second-order valence-electron chi connectivity index (χ2n) is 13.5. The molecule has 4 heterocycles. The average molecular weight is 779 g/mol. The summed E-state index contributed by atoms with van der Waals surface area (Å²) >= 11 is 0. The Morgan fingerprint density at radius 1 is 0.873 bits per heavy atom. The van der Waals surface area contributed by atoms with E-state index in [0.717, 1.165) is 12.3 Å². The van der Waals surface area contributed by atoms with Crippen molar-refractivity contribution in [3.63, 3.8) is 0 Å². The van der Waals surface area contributed by atoms with Crippen LogP contribution in [-0.4, -0.2) is 158 Å². The van der Waals surface area contributed by atoms with Crippen LogP contribution in [-0.2, 0) is 47.5 Å². The zero-order valence-electron chi connectivity index (χ0n) is 29.3. The molecule has 0 saturated carbocycles. The molecule has 0 bridgehead atoms. The molecule has 0 aromatic heterocycles. The number of allylic oxidation sites excluding steroid dienone is 1. The quantitative estimate of drug-likeness (QED) is 0.0483. The average Bonchev–Trinajstić information content (AvgIpc) is 3.73. The Bertz CT molecular complexity index is 1700. The summed E-state index contributed by atoms with van der Waals surface area (Å²) in [6.45, 7) is 0.110. The molecule has 6 rings (SSSR count). The van der Waals surface area contributed by atoms with E-state index in [1.165, 1.54) is 44.4 Å². The molecule has 0 unspecified atom stereocenters. The number of carbonyl (C=O) groups excluding carboxylic acids is 3. The number of esters is 3. The molecule has 1 aromatic rings. The van der Waals surface area contributed by atoms with Crippen LogP contribution in [0.15, 0.2) is 66.0 Å². The number of hydrogen-bond acceptors (Lipinski definition) is 19. The van der Waals surface area contributed by atoms with Gasteiger partial charge in [-0.15, -0.1) is 0 Å². The number of carbonyl (C=O) groups is 3. The van der Waals surface area contributed by atoms with Crippen molar-refractivity contribution in [1.29, 1.82) is 0 Å². The number of ether oxygens (including phenoxy) is 8. The second kappa shape index (κ2) is 16.5. The minimum Gasteiger partial charge on any atom is -0.471 e. The number of rotatable bonds is 11. The van der Waals surface area contributed by atoms with Gasteiger partial charge < -0.3 is 78.7 Å². The number of aliphatic hydroxyl groups excluding tert-OH is 8. The molecule has 1 spiro atoms. The van der Waals surface area contributed by atoms with Crippen molar-refractivity contribution in [2.24, 2.45) is 11.8 Å². The van der Waals surface area contributed by atoms with Crippen molar-refractivity contribution in [3.05, 3.63) is 71.5 Å². The SMILES string of the molecule is COC(=O)C1=CO[C@@H](O[C@H]2O[C@@H](CO)[C@H](O)[C@@H](O)[C@@H]2O)[C@H]2[C@@H]1C=C[C@@]21C=C([C@H](C)OC(=O)/C=C/c2ccc(O[C@@H]3O[C@H](CO)[C@@H](O)[C@@H](O)[C@@H]3O)cc2)C(=O)O1. The van der Waals surface area contributed by atoms with Crippen molar-refractivity contribution < 1.29 is 93.1 Å². The molecule has 15 atom stereocenters. The van der Waals surface area contributed by atoms with Gasteiger partial charge in [0.15, 0.2) is 11.9 Å². The van der Waals surface area contributed by atoms with E-state index in [1.54, 1.807) is 18.2 Å². The lowest BCUT2D eigenvalue weighted by molar-refractivity contribution is -0.344. The number of hydrogen-bond donors (Lipinski definition) is 8. The summed E-state index contributed by atoms with van der Waals surface area (Å²) in [4.78, 5) is 38.8. The Hall–Kier alpha value is -4.25. The maximum Gasteiger partial charge on any atom is 0.338 e. The van der Waals surface area contributed by atoms with Gasteiger partial charge in [-0.1, -0.05) is 18.2 Å². The smallest absolute Gasteiger partial charge is 0.338 e. The van der Waals surface area contributed by atoms with Crippen LogP contribution in [0.2, 0.25) is 0 Å². The maximum absolute atomic E-state index is 13.3. The molecule has 1 aromatic carbocycles. The number of fused-ring (bicyclic) bond motifs is 2. The molecule has 2 saturated heterocycles. The first kappa shape index (κ1) is 40.4. The van der Waals surface area contributed by atoms with E-state index in [9.17, 15) is 55.2 Å². The Morgan fingerprint density at radius 3 is 2.11 bits per heavy atom. The normalized spacial score (nSPS) is 38.8. The van der Waals surface area contributed by atoms with Crippen LogP contribution in [0.4, 0.5) is 0 Å². The van der Waals surface area contributed by atoms with E-state index in [0.29, 0.717) is 5.56 Å². The monoisotopic (exact) mass is 778 g/mol. The summed E-state index contributed by atoms with van der Waals surface area (Å²) in [6.07, 6.45) is -9.86. The Labute approximate surface area is 312 Å². The fraction of sp³-hybridized carbons (Fsp3) is 0.528. The van der Waals surface area contributed by atoms with Crippen LogP contribution in [0.25, 0.3) is 6.08 Å². The van der Waals surface area contributed by atoms with Gasteiger partial charge in [-0.05, 0) is 42.8 Å². The summed E-state index contributed by atoms with van der Waals surface area (Å²) in [6, 6.07) is 6.09. The van der Waals surface area contributed by atoms with Crippen molar-refractivity contribution >= 4 is 24.0 Å². The van der Waals surface area contributed by atoms with Crippen LogP contribution in [0.1, 0.15) is 12.5 Å². The van der Waals surface area contributed by atoms with Crippen LogP contribution >= 0.6 is 0 Å². The highest BCUT2D eigenvalue weighted by atomic mass is 16.8. The number of aliphatic hydroxyl groups is 8. The predicted molar refractivity (Wildman–Crippen MR) is 178 cm³/mol. The first-order valence-electron chi connectivity index (χ1n) is 17.2. The second-order valence-corrected chi connectivity index (χ2v) is 13.5. The molecular weight excluding hydrogens is 736 g/mol. The largest absolute Gasteiger partial charge is 0.471 e. The third-order valence-corrected chi connectivity index (χ3v) is 10.0. The summed E-state index contributed by atoms with van der Waals surface area (Å²) in [5.41, 5.74) is -1.12. The van der Waals surface area contributed by atoms with Gasteiger partial charge in [0.2, 0.25) is 12.6 Å². The maximum atomic E-state index is 13.3. The molecule has 0 amide bonds. The molecule has 4 aliphatic heterocycles. The molecule has 300 valence electrons. The van der Waals surface area contributed by atoms with Gasteiger partial charge >= 0.3 is 17.9 Å². The molecule has 0 radical (unpaired) electrons. The van der Waals surface area contributed by atoms with Gasteiger partial charge in [-0.2, -0.15) is 0 Å². The molecule has 19 nitrogen and oxygen atoms in total. The summed E-state index contributed by atoms with van der Waals surface area (Å²) in [5, 5.41) is 80.2. The highest BCUT2D eigenvalue weighted by Gasteiger charge is 2.60. The topological polar surface area (TPSA) is 287 Å². The zero-order valence-corrected chi connectivity index (χ0v) is 29.3. The molecule has 19 heteroatoms. The molecule has 8 N–H and O–H groups in total. The fourth-order valence-corrected chi connectivity index (χ4v) is 6.96. The van der Waals surface area contributed by atoms with Gasteiger partial charge in [0.05, 0.1) is 43.6 Å². The van der Waals surface area contributed by atoms with E-state index in [-0.39, 0.29) is 16.9 Å². The summed E-state index contributed by atoms with van der Waals surface area (Å²) in [5.74, 6) is -4.10. The molecule has 55 heavy (non-hydrogen) atoms. The Morgan fingerprint density at radius 2 is 1.49 bits per heavy atom. The van der Waals surface area contributed by atoms with Crippen LogP contribution in [0, 0.1) is 11.8 Å². The minimum absolute atomic E-state index is 0.0465. The van der Waals surface area contributed by atoms with E-state index in [4.69, 9.17) is 37.9 Å². The van der Waals surface area contributed by atoms with Crippen LogP contribution in [0.3, 0.4) is 0 Å². The zero-order chi connectivity index (χ0) is 39.8. The van der Waals surface area contributed by atoms with Gasteiger partial charge in [-0.3, -0.25) is 0 Å². The third-order valence-electron chi connectivity index (χ3n) is 10.0. The van der Waals surface area contributed by atoms with Crippen molar-refractivity contribution in [2.45, 2.75) is 86.3 Å². The van der Waals surface area contributed by atoms with Crippen molar-refractivity contribution in [2.75, 3.05) is 20.3 Å². The van der Waals surface area contributed by atoms with E-state index in [2.05, 4.69) is 0 Å². The van der Waals surface area contributed by atoms with Crippen molar-refractivity contribution in [1.82, 2.24) is 0 Å². The fourth-order valence-electron chi connectivity index (χ4n) is 6.96. The van der Waals surface area contributed by atoms with Gasteiger partial charge in [0.1, 0.15) is 60.7 Å². The lowest BCUT2D eigenvalue weighted by atomic mass is 9.78. The van der Waals surface area contributed by atoms with Gasteiger partial charge in [0, 0.05) is 12.0 Å². The minimum atomic E-state index is -1.79. The highest BCUT2D eigenvalue weighted by molar-refractivity contribution is 5.95. The van der Waals surface area contributed by atoms with Crippen molar-refractivity contribution in [3.8, 4) is 5.75 Å². The van der Waals surface area contributed by atoms with Gasteiger partial charge in [-0.25, -0.2) is 14.4 Å². The number of methoxy groups -OCH3 is 1. The molecule has 2 fully saturated rings. The van der Waals surface area contributed by atoms with E-state index in [1.807, 2.05) is 0 Å². The standard InChI is InChI=1S/C36H42O19/c1-15(50-23(39)8-5-16-3-6-17(7-4-16)51-34-29(44)27(42)25(40)21(12-37)52-34)19-11-36(55-32(19)47)10-9-18-20(31(46)48-2)14-49-33(24(18)36)54-35-30(45)28(43)26(41)22(13-38)53-35/h3-11,14-15,18,21-22,24-30,33-35,37-38,40-45H,12-13H2,1-2H3/b8-5+/t15-,18+,21+,22-,24+,25+,26-,27+,28+,29-,30-,33-,34+,35+,36+/m0/s1. The third kappa shape index (κ3) is 7.91. The lowest BCUT2D eigenvalue weighted by Crippen LogP contribution is -2.60. The molecule has 5 aliphatic rings. The van der Waals surface area contributed by atoms with Crippen LogP contribution in [0.5, 0.6) is 5.75 Å². The summed E-state index contributed by atoms with van der Waals surface area (Å²) < 4.78 is 44.3. The van der Waals surface area contributed by atoms with E-state index >= 15 is 0 Å². The predicted octanol–water partition coefficient (Wildman–Crippen LogP) is -2.94. The van der Waals surface area contributed by atoms with Crippen LogP contribution < -0.4 is 4.74 Å². The molecular formula is C36H42O19. The Kier molecular flexibility index (Phi) is 12.1. The molecule has 1 aliphatic carbocycles. The van der Waals surface area contributed by atoms with Gasteiger partial charge in [0.25, 0.3) is 0 Å².